The summed E-state index contributed by atoms with van der Waals surface area (Å²) in [5.41, 5.74) is 0. The van der Waals surface area contributed by atoms with Gasteiger partial charge in [-0.25, -0.2) is 0 Å². The molecule has 42 valence electrons. The zero-order chi connectivity index (χ0) is 6.41. The van der Waals surface area contributed by atoms with Gasteiger partial charge in [-0.1, -0.05) is 13.0 Å². The summed E-state index contributed by atoms with van der Waals surface area (Å²) < 4.78 is 0. The van der Waals surface area contributed by atoms with Crippen LogP contribution in [-0.2, 0) is 4.79 Å². The highest BCUT2D eigenvalue weighted by Gasteiger charge is 1.81. The second-order valence-corrected chi connectivity index (χ2v) is 1.32. The van der Waals surface area contributed by atoms with Crippen molar-refractivity contribution in [3.05, 3.63) is 12.2 Å². The molecular formula is C7H8O. The zero-order valence-electron chi connectivity index (χ0n) is 4.85. The van der Waals surface area contributed by atoms with Gasteiger partial charge < -0.3 is 0 Å². The van der Waals surface area contributed by atoms with Crippen molar-refractivity contribution in [2.45, 2.75) is 13.3 Å². The minimum atomic E-state index is -0.258. The summed E-state index contributed by atoms with van der Waals surface area (Å²) in [6.07, 6.45) is 8.76. The second kappa shape index (κ2) is 4.14. The number of terminal acetylenes is 1. The molecule has 0 aromatic rings. The second-order valence-electron chi connectivity index (χ2n) is 1.32. The first-order valence-electron chi connectivity index (χ1n) is 2.48. The Kier molecular flexibility index (Phi) is 3.60. The van der Waals surface area contributed by atoms with E-state index in [0.29, 0.717) is 0 Å². The van der Waals surface area contributed by atoms with Gasteiger partial charge in [-0.15, -0.1) is 6.42 Å². The van der Waals surface area contributed by atoms with Crippen LogP contribution in [0.1, 0.15) is 13.3 Å². The Labute approximate surface area is 49.4 Å². The first-order valence-corrected chi connectivity index (χ1v) is 2.48. The Morgan fingerprint density at radius 1 is 1.88 bits per heavy atom. The summed E-state index contributed by atoms with van der Waals surface area (Å²) in [5.74, 6) is 1.72. The van der Waals surface area contributed by atoms with Crippen molar-refractivity contribution in [3.63, 3.8) is 0 Å². The molecule has 0 fully saturated rings. The lowest BCUT2D eigenvalue weighted by molar-refractivity contribution is -0.109. The van der Waals surface area contributed by atoms with Gasteiger partial charge in [-0.3, -0.25) is 4.79 Å². The predicted molar refractivity (Wildman–Crippen MR) is 33.3 cm³/mol. The lowest BCUT2D eigenvalue weighted by Gasteiger charge is -1.73. The van der Waals surface area contributed by atoms with Crippen molar-refractivity contribution in [2.75, 3.05) is 0 Å². The van der Waals surface area contributed by atoms with Gasteiger partial charge in [0.15, 0.2) is 0 Å². The third-order valence-electron chi connectivity index (χ3n) is 0.647. The van der Waals surface area contributed by atoms with E-state index in [1.165, 1.54) is 6.08 Å². The van der Waals surface area contributed by atoms with Crippen LogP contribution < -0.4 is 0 Å². The number of rotatable bonds is 2. The Morgan fingerprint density at radius 2 is 2.50 bits per heavy atom. The quantitative estimate of drug-likeness (QED) is 0.294. The van der Waals surface area contributed by atoms with E-state index in [1.54, 1.807) is 6.08 Å². The fourth-order valence-corrected chi connectivity index (χ4v) is 0.273. The maximum absolute atomic E-state index is 10.2. The highest BCUT2D eigenvalue weighted by molar-refractivity contribution is 6.03. The summed E-state index contributed by atoms with van der Waals surface area (Å²) >= 11 is 0. The average Bonchev–Trinajstić information content (AvgIpc) is 1.83. The summed E-state index contributed by atoms with van der Waals surface area (Å²) in [6.45, 7) is 1.94. The minimum absolute atomic E-state index is 0.258. The molecule has 0 N–H and O–H groups in total. The van der Waals surface area contributed by atoms with Gasteiger partial charge in [-0.2, -0.15) is 0 Å². The Balaban J connectivity index is 3.58. The van der Waals surface area contributed by atoms with Crippen molar-refractivity contribution in [2.24, 2.45) is 0 Å². The summed E-state index contributed by atoms with van der Waals surface area (Å²) in [6, 6.07) is 0. The molecule has 0 amide bonds. The first-order chi connectivity index (χ1) is 3.81. The number of hydrogen-bond acceptors (Lipinski definition) is 1. The van der Waals surface area contributed by atoms with Crippen molar-refractivity contribution >= 4 is 5.78 Å². The smallest absolute Gasteiger partial charge is 0.228 e. The molecule has 1 nitrogen and oxygen atoms in total. The normalized spacial score (nSPS) is 9.00. The van der Waals surface area contributed by atoms with E-state index in [9.17, 15) is 4.79 Å². The van der Waals surface area contributed by atoms with Crippen LogP contribution in [0.15, 0.2) is 12.2 Å². The van der Waals surface area contributed by atoms with Crippen molar-refractivity contribution in [1.82, 2.24) is 0 Å². The van der Waals surface area contributed by atoms with Gasteiger partial charge in [0.2, 0.25) is 5.78 Å². The fourth-order valence-electron chi connectivity index (χ4n) is 0.273. The van der Waals surface area contributed by atoms with E-state index >= 15 is 0 Å². The molecule has 0 spiro atoms. The molecule has 0 aromatic heterocycles. The molecule has 1 heteroatoms. The highest BCUT2D eigenvalue weighted by Crippen LogP contribution is 1.78. The third-order valence-corrected chi connectivity index (χ3v) is 0.647. The summed E-state index contributed by atoms with van der Waals surface area (Å²) in [5, 5.41) is 0. The van der Waals surface area contributed by atoms with Crippen molar-refractivity contribution in [1.29, 1.82) is 0 Å². The van der Waals surface area contributed by atoms with E-state index in [4.69, 9.17) is 6.42 Å². The van der Waals surface area contributed by atoms with Gasteiger partial charge >= 0.3 is 0 Å². The number of carbonyl (C=O) groups is 1. The molecule has 0 radical (unpaired) electrons. The van der Waals surface area contributed by atoms with Crippen LogP contribution >= 0.6 is 0 Å². The topological polar surface area (TPSA) is 17.1 Å². The Hall–Kier alpha value is -1.03. The number of hydrogen-bond donors (Lipinski definition) is 0. The van der Waals surface area contributed by atoms with Gasteiger partial charge in [0.1, 0.15) is 0 Å². The van der Waals surface area contributed by atoms with Gasteiger partial charge in [-0.05, 0) is 18.4 Å². The number of allylic oxidation sites excluding steroid dienone is 2. The van der Waals surface area contributed by atoms with E-state index < -0.39 is 0 Å². The molecule has 0 aliphatic carbocycles. The van der Waals surface area contributed by atoms with E-state index in [0.717, 1.165) is 6.42 Å². The Morgan fingerprint density at radius 3 is 2.88 bits per heavy atom. The molecule has 0 heterocycles. The van der Waals surface area contributed by atoms with Crippen LogP contribution in [-0.4, -0.2) is 5.78 Å². The SMILES string of the molecule is C#CC(=O)/C=C/CC. The third kappa shape index (κ3) is 3.17. The van der Waals surface area contributed by atoms with E-state index in [2.05, 4.69) is 0 Å². The largest absolute Gasteiger partial charge is 0.280 e. The molecule has 0 atom stereocenters. The fraction of sp³-hybridized carbons (Fsp3) is 0.286. The Bertz CT molecular complexity index is 137. The van der Waals surface area contributed by atoms with Crippen LogP contribution in [0.3, 0.4) is 0 Å². The first kappa shape index (κ1) is 6.97. The van der Waals surface area contributed by atoms with E-state index in [1.807, 2.05) is 12.8 Å². The van der Waals surface area contributed by atoms with Crippen LogP contribution in [0.2, 0.25) is 0 Å². The molecule has 8 heavy (non-hydrogen) atoms. The standard InChI is InChI=1S/C7H8O/c1-3-5-6-7(8)4-2/h2,5-6H,3H2,1H3/b6-5+. The van der Waals surface area contributed by atoms with Crippen molar-refractivity contribution < 1.29 is 4.79 Å². The molecule has 0 aliphatic rings. The highest BCUT2D eigenvalue weighted by atomic mass is 16.1. The summed E-state index contributed by atoms with van der Waals surface area (Å²) in [4.78, 5) is 10.2. The van der Waals surface area contributed by atoms with Crippen LogP contribution in [0.4, 0.5) is 0 Å². The van der Waals surface area contributed by atoms with Gasteiger partial charge in [0.05, 0.1) is 0 Å². The van der Waals surface area contributed by atoms with Gasteiger partial charge in [0.25, 0.3) is 0 Å². The molecule has 0 unspecified atom stereocenters. The lowest BCUT2D eigenvalue weighted by Crippen LogP contribution is -1.82. The van der Waals surface area contributed by atoms with Crippen molar-refractivity contribution in [3.8, 4) is 12.3 Å². The molecule has 0 saturated carbocycles. The molecule has 0 aromatic carbocycles. The number of ketones is 1. The van der Waals surface area contributed by atoms with E-state index in [-0.39, 0.29) is 5.78 Å². The molecule has 0 aliphatic heterocycles. The molecular weight excluding hydrogens is 100 g/mol. The predicted octanol–water partition coefficient (Wildman–Crippen LogP) is 1.15. The molecule has 0 saturated heterocycles. The minimum Gasteiger partial charge on any atom is -0.280 e. The molecule has 0 rings (SSSR count). The van der Waals surface area contributed by atoms with Gasteiger partial charge in [0, 0.05) is 0 Å². The van der Waals surface area contributed by atoms with Crippen LogP contribution in [0.25, 0.3) is 0 Å². The maximum Gasteiger partial charge on any atom is 0.228 e. The van der Waals surface area contributed by atoms with Crippen LogP contribution in [0.5, 0.6) is 0 Å². The maximum atomic E-state index is 10.2. The summed E-state index contributed by atoms with van der Waals surface area (Å²) in [7, 11) is 0. The zero-order valence-corrected chi connectivity index (χ0v) is 4.85. The number of carbonyl (C=O) groups excluding carboxylic acids is 1. The molecule has 0 bridgehead atoms. The van der Waals surface area contributed by atoms with Crippen LogP contribution in [0, 0.1) is 12.3 Å². The lowest BCUT2D eigenvalue weighted by atomic mass is 10.3. The monoisotopic (exact) mass is 108 g/mol. The average molecular weight is 108 g/mol.